The van der Waals surface area contributed by atoms with E-state index in [4.69, 9.17) is 11.6 Å². The van der Waals surface area contributed by atoms with Gasteiger partial charge in [0.25, 0.3) is 0 Å². The summed E-state index contributed by atoms with van der Waals surface area (Å²) in [4.78, 5) is 15.1. The van der Waals surface area contributed by atoms with Gasteiger partial charge in [-0.15, -0.1) is 0 Å². The lowest BCUT2D eigenvalue weighted by molar-refractivity contribution is -0.0285. The molecule has 1 aliphatic rings. The highest BCUT2D eigenvalue weighted by molar-refractivity contribution is 9.10. The number of hydrogen-bond donors (Lipinski definition) is 3. The number of aryl methyl sites for hydroxylation is 1. The largest absolute Gasteiger partial charge is 0.391 e. The Morgan fingerprint density at radius 1 is 1.32 bits per heavy atom. The van der Waals surface area contributed by atoms with Gasteiger partial charge in [-0.3, -0.25) is 15.0 Å². The van der Waals surface area contributed by atoms with E-state index in [2.05, 4.69) is 26.1 Å². The quantitative estimate of drug-likeness (QED) is 0.431. The zero-order chi connectivity index (χ0) is 20.3. The molecular weight excluding hydrogens is 444 g/mol. The maximum atomic E-state index is 12.8. The lowest BCUT2D eigenvalue weighted by Gasteiger charge is -2.29. The number of likely N-dealkylation sites (tertiary alicyclic amines) is 1. The number of benzene rings is 2. The van der Waals surface area contributed by atoms with Crippen molar-refractivity contribution in [1.82, 2.24) is 10.2 Å². The number of rotatable bonds is 7. The Hall–Kier alpha value is -1.28. The highest BCUT2D eigenvalue weighted by atomic mass is 79.9. The van der Waals surface area contributed by atoms with Crippen LogP contribution in [0.3, 0.4) is 0 Å². The number of aliphatic hydroxyl groups is 2. The van der Waals surface area contributed by atoms with E-state index in [9.17, 15) is 15.0 Å². The van der Waals surface area contributed by atoms with Crippen LogP contribution in [0.4, 0.5) is 0 Å². The third-order valence-electron chi connectivity index (χ3n) is 5.07. The molecule has 0 radical (unpaired) electrons. The van der Waals surface area contributed by atoms with Gasteiger partial charge in [0.05, 0.1) is 6.61 Å². The summed E-state index contributed by atoms with van der Waals surface area (Å²) >= 11 is 9.33. The van der Waals surface area contributed by atoms with Crippen molar-refractivity contribution in [1.29, 1.82) is 0 Å². The second-order valence-corrected chi connectivity index (χ2v) is 8.59. The SMILES string of the molecule is Cc1ccc(C(=O)[C@](O)(CO)NC2CCN(Cc3ccc(Cl)cc3)C2)cc1Br. The number of Topliss-reactive ketones (excluding diaryl/α,β-unsaturated/α-hetero) is 1. The summed E-state index contributed by atoms with van der Waals surface area (Å²) in [7, 11) is 0. The minimum Gasteiger partial charge on any atom is -0.391 e. The molecule has 0 amide bonds. The molecule has 0 bridgehead atoms. The van der Waals surface area contributed by atoms with Gasteiger partial charge < -0.3 is 10.2 Å². The molecule has 0 saturated carbocycles. The van der Waals surface area contributed by atoms with Crippen molar-refractivity contribution in [2.45, 2.75) is 31.7 Å². The first-order chi connectivity index (χ1) is 13.3. The molecule has 2 aromatic carbocycles. The molecular formula is C21H24BrClN2O3. The zero-order valence-corrected chi connectivity index (χ0v) is 18.0. The Balaban J connectivity index is 1.64. The van der Waals surface area contributed by atoms with E-state index < -0.39 is 18.1 Å². The molecule has 0 aliphatic carbocycles. The van der Waals surface area contributed by atoms with Gasteiger partial charge in [-0.05, 0) is 42.7 Å². The van der Waals surface area contributed by atoms with Crippen LogP contribution in [0.2, 0.25) is 5.02 Å². The van der Waals surface area contributed by atoms with Crippen LogP contribution in [0, 0.1) is 6.92 Å². The van der Waals surface area contributed by atoms with Crippen molar-refractivity contribution < 1.29 is 15.0 Å². The van der Waals surface area contributed by atoms with Crippen LogP contribution in [0.5, 0.6) is 0 Å². The molecule has 5 nitrogen and oxygen atoms in total. The fourth-order valence-electron chi connectivity index (χ4n) is 3.44. The maximum absolute atomic E-state index is 12.8. The van der Waals surface area contributed by atoms with Crippen LogP contribution in [-0.2, 0) is 6.54 Å². The van der Waals surface area contributed by atoms with Crippen LogP contribution < -0.4 is 5.32 Å². The summed E-state index contributed by atoms with van der Waals surface area (Å²) in [5.74, 6) is -0.535. The second kappa shape index (κ2) is 9.03. The van der Waals surface area contributed by atoms with Crippen LogP contribution >= 0.6 is 27.5 Å². The fraction of sp³-hybridized carbons (Fsp3) is 0.381. The lowest BCUT2D eigenvalue weighted by Crippen LogP contribution is -2.59. The average Bonchev–Trinajstić information content (AvgIpc) is 3.11. The van der Waals surface area contributed by atoms with Gasteiger partial charge in [0.1, 0.15) is 0 Å². The molecule has 3 N–H and O–H groups in total. The Bertz CT molecular complexity index is 846. The first-order valence-corrected chi connectivity index (χ1v) is 10.4. The smallest absolute Gasteiger partial charge is 0.211 e. The zero-order valence-electron chi connectivity index (χ0n) is 15.7. The number of ketones is 1. The van der Waals surface area contributed by atoms with Crippen molar-refractivity contribution in [3.05, 3.63) is 68.7 Å². The van der Waals surface area contributed by atoms with Crippen molar-refractivity contribution in [3.8, 4) is 0 Å². The predicted molar refractivity (Wildman–Crippen MR) is 114 cm³/mol. The van der Waals surface area contributed by atoms with Crippen LogP contribution in [0.25, 0.3) is 0 Å². The number of nitrogens with zero attached hydrogens (tertiary/aromatic N) is 1. The van der Waals surface area contributed by atoms with E-state index in [1.165, 1.54) is 0 Å². The number of hydrogen-bond acceptors (Lipinski definition) is 5. The fourth-order valence-corrected chi connectivity index (χ4v) is 3.94. The van der Waals surface area contributed by atoms with Gasteiger partial charge >= 0.3 is 0 Å². The maximum Gasteiger partial charge on any atom is 0.211 e. The molecule has 1 saturated heterocycles. The number of aliphatic hydroxyl groups excluding tert-OH is 1. The first kappa shape index (κ1) is 21.4. The topological polar surface area (TPSA) is 72.8 Å². The van der Waals surface area contributed by atoms with E-state index in [1.807, 2.05) is 31.2 Å². The summed E-state index contributed by atoms with van der Waals surface area (Å²) in [6, 6.07) is 12.8. The lowest BCUT2D eigenvalue weighted by atomic mass is 9.99. The van der Waals surface area contributed by atoms with E-state index in [-0.39, 0.29) is 6.04 Å². The van der Waals surface area contributed by atoms with Crippen molar-refractivity contribution in [2.24, 2.45) is 0 Å². The standard InChI is InChI=1S/C21H24BrClN2O3/c1-14-2-5-16(10-19(14)22)20(27)21(28,13-26)24-18-8-9-25(12-18)11-15-3-6-17(23)7-4-15/h2-7,10,18,24,26,28H,8-9,11-13H2,1H3/t18?,21-/m1/s1. The Morgan fingerprint density at radius 3 is 2.68 bits per heavy atom. The minimum atomic E-state index is -2.00. The van der Waals surface area contributed by atoms with Crippen molar-refractivity contribution in [3.63, 3.8) is 0 Å². The molecule has 2 aromatic rings. The number of carbonyl (C=O) groups excluding carboxylic acids is 1. The molecule has 1 aliphatic heterocycles. The molecule has 7 heteroatoms. The number of carbonyl (C=O) groups is 1. The van der Waals surface area contributed by atoms with Gasteiger partial charge in [0, 0.05) is 40.7 Å². The highest BCUT2D eigenvalue weighted by Gasteiger charge is 2.39. The van der Waals surface area contributed by atoms with Crippen molar-refractivity contribution in [2.75, 3.05) is 19.7 Å². The molecule has 150 valence electrons. The Morgan fingerprint density at radius 2 is 2.04 bits per heavy atom. The predicted octanol–water partition coefficient (Wildman–Crippen LogP) is 3.14. The summed E-state index contributed by atoms with van der Waals surface area (Å²) in [6.07, 6.45) is 0.779. The molecule has 1 unspecified atom stereocenters. The summed E-state index contributed by atoms with van der Waals surface area (Å²) < 4.78 is 0.786. The van der Waals surface area contributed by atoms with E-state index in [1.54, 1.807) is 18.2 Å². The summed E-state index contributed by atoms with van der Waals surface area (Å²) in [5.41, 5.74) is 0.488. The van der Waals surface area contributed by atoms with E-state index >= 15 is 0 Å². The van der Waals surface area contributed by atoms with E-state index in [0.29, 0.717) is 17.1 Å². The third-order valence-corrected chi connectivity index (χ3v) is 6.18. The molecule has 3 rings (SSSR count). The normalized spacial score (nSPS) is 19.5. The number of halogens is 2. The summed E-state index contributed by atoms with van der Waals surface area (Å²) in [6.45, 7) is 3.52. The molecule has 0 aromatic heterocycles. The third kappa shape index (κ3) is 5.00. The van der Waals surface area contributed by atoms with Crippen LogP contribution in [0.15, 0.2) is 46.9 Å². The van der Waals surface area contributed by atoms with Crippen LogP contribution in [0.1, 0.15) is 27.9 Å². The highest BCUT2D eigenvalue weighted by Crippen LogP contribution is 2.22. The van der Waals surface area contributed by atoms with E-state index in [0.717, 1.165) is 35.1 Å². The number of nitrogens with one attached hydrogen (secondary N) is 1. The van der Waals surface area contributed by atoms with Gasteiger partial charge in [-0.2, -0.15) is 0 Å². The van der Waals surface area contributed by atoms with Crippen molar-refractivity contribution >= 4 is 33.3 Å². The monoisotopic (exact) mass is 466 g/mol. The van der Waals surface area contributed by atoms with Gasteiger partial charge in [0.2, 0.25) is 11.5 Å². The van der Waals surface area contributed by atoms with Crippen LogP contribution in [-0.4, -0.2) is 52.4 Å². The Kier molecular flexibility index (Phi) is 6.91. The molecule has 1 heterocycles. The molecule has 1 fully saturated rings. The van der Waals surface area contributed by atoms with Gasteiger partial charge in [-0.25, -0.2) is 0 Å². The molecule has 28 heavy (non-hydrogen) atoms. The minimum absolute atomic E-state index is 0.0951. The summed E-state index contributed by atoms with van der Waals surface area (Å²) in [5, 5.41) is 24.3. The van der Waals surface area contributed by atoms with Gasteiger partial charge in [0.15, 0.2) is 0 Å². The molecule has 0 spiro atoms. The Labute approximate surface area is 178 Å². The average molecular weight is 468 g/mol. The van der Waals surface area contributed by atoms with Gasteiger partial charge in [-0.1, -0.05) is 51.8 Å². The molecule has 2 atom stereocenters. The first-order valence-electron chi connectivity index (χ1n) is 9.19. The second-order valence-electron chi connectivity index (χ2n) is 7.30.